The minimum absolute atomic E-state index is 0.120. The lowest BCUT2D eigenvalue weighted by atomic mass is 10.2. The summed E-state index contributed by atoms with van der Waals surface area (Å²) in [6.07, 6.45) is -1.43. The van der Waals surface area contributed by atoms with Gasteiger partial charge in [0.25, 0.3) is 0 Å². The zero-order valence-electron chi connectivity index (χ0n) is 16.1. The first-order valence-electron chi connectivity index (χ1n) is 8.58. The van der Waals surface area contributed by atoms with Gasteiger partial charge in [0.1, 0.15) is 5.75 Å². The van der Waals surface area contributed by atoms with Gasteiger partial charge < -0.3 is 18.8 Å². The molecular formula is C19H22ClFN4O3. The van der Waals surface area contributed by atoms with Crippen molar-refractivity contribution in [1.82, 2.24) is 19.3 Å². The molecule has 0 saturated carbocycles. The monoisotopic (exact) mass is 408 g/mol. The van der Waals surface area contributed by atoms with Crippen LogP contribution >= 0.6 is 11.6 Å². The molecule has 150 valence electrons. The van der Waals surface area contributed by atoms with Crippen LogP contribution in [0.5, 0.6) is 11.6 Å². The topological polar surface area (TPSA) is 63.3 Å². The van der Waals surface area contributed by atoms with Crippen LogP contribution in [-0.2, 0) is 18.3 Å². The van der Waals surface area contributed by atoms with Crippen molar-refractivity contribution in [1.29, 1.82) is 0 Å². The van der Waals surface area contributed by atoms with Crippen LogP contribution in [0.4, 0.5) is 4.39 Å². The number of nitrogens with zero attached hydrogens (tertiary/aromatic N) is 4. The van der Waals surface area contributed by atoms with Crippen molar-refractivity contribution in [3.8, 4) is 23.1 Å². The van der Waals surface area contributed by atoms with E-state index in [-0.39, 0.29) is 19.0 Å². The summed E-state index contributed by atoms with van der Waals surface area (Å²) in [4.78, 5) is 4.42. The van der Waals surface area contributed by atoms with Gasteiger partial charge in [-0.15, -0.1) is 5.10 Å². The van der Waals surface area contributed by atoms with Crippen LogP contribution in [-0.4, -0.2) is 47.3 Å². The quantitative estimate of drug-likeness (QED) is 0.569. The maximum absolute atomic E-state index is 14.7. The van der Waals surface area contributed by atoms with E-state index in [2.05, 4.69) is 10.1 Å². The first kappa shape index (κ1) is 20.2. The van der Waals surface area contributed by atoms with E-state index in [1.54, 1.807) is 37.0 Å². The molecule has 2 aromatic heterocycles. The Labute approximate surface area is 167 Å². The summed E-state index contributed by atoms with van der Waals surface area (Å²) in [6.45, 7) is 0.141. The Hall–Kier alpha value is -2.58. The molecule has 0 bridgehead atoms. The molecule has 2 heterocycles. The van der Waals surface area contributed by atoms with Crippen molar-refractivity contribution >= 4 is 11.6 Å². The van der Waals surface area contributed by atoms with Gasteiger partial charge >= 0.3 is 0 Å². The molecule has 0 saturated heterocycles. The molecule has 0 aliphatic rings. The van der Waals surface area contributed by atoms with Gasteiger partial charge in [-0.05, 0) is 23.8 Å². The average molecular weight is 409 g/mol. The van der Waals surface area contributed by atoms with Crippen molar-refractivity contribution in [2.75, 3.05) is 27.9 Å². The number of halogens is 2. The van der Waals surface area contributed by atoms with E-state index in [1.165, 1.54) is 11.8 Å². The molecule has 1 atom stereocenters. The Bertz CT molecular complexity index is 957. The lowest BCUT2D eigenvalue weighted by Crippen LogP contribution is -2.12. The van der Waals surface area contributed by atoms with Crippen molar-refractivity contribution < 1.29 is 18.6 Å². The predicted molar refractivity (Wildman–Crippen MR) is 104 cm³/mol. The van der Waals surface area contributed by atoms with Gasteiger partial charge in [0.05, 0.1) is 33.1 Å². The van der Waals surface area contributed by atoms with Gasteiger partial charge in [-0.2, -0.15) is 0 Å². The van der Waals surface area contributed by atoms with Gasteiger partial charge in [0.2, 0.25) is 0 Å². The van der Waals surface area contributed by atoms with Gasteiger partial charge in [0, 0.05) is 25.2 Å². The maximum Gasteiger partial charge on any atom is 0.198 e. The molecule has 0 aliphatic heterocycles. The first-order valence-corrected chi connectivity index (χ1v) is 8.96. The highest BCUT2D eigenvalue weighted by atomic mass is 35.5. The Kier molecular flexibility index (Phi) is 6.21. The lowest BCUT2D eigenvalue weighted by Gasteiger charge is -2.11. The van der Waals surface area contributed by atoms with E-state index in [0.29, 0.717) is 28.2 Å². The molecule has 0 spiro atoms. The highest BCUT2D eigenvalue weighted by molar-refractivity contribution is 6.31. The second-order valence-electron chi connectivity index (χ2n) is 6.15. The average Bonchev–Trinajstić information content (AvgIpc) is 3.26. The summed E-state index contributed by atoms with van der Waals surface area (Å²) < 4.78 is 33.4. The van der Waals surface area contributed by atoms with Gasteiger partial charge in [-0.1, -0.05) is 17.7 Å². The van der Waals surface area contributed by atoms with Gasteiger partial charge in [-0.3, -0.25) is 0 Å². The van der Waals surface area contributed by atoms with Crippen LogP contribution < -0.4 is 9.47 Å². The fourth-order valence-corrected chi connectivity index (χ4v) is 3.13. The second kappa shape index (κ2) is 8.62. The van der Waals surface area contributed by atoms with Crippen molar-refractivity contribution in [2.45, 2.75) is 12.7 Å². The summed E-state index contributed by atoms with van der Waals surface area (Å²) in [7, 11) is 6.42. The zero-order chi connectivity index (χ0) is 20.3. The Morgan fingerprint density at radius 1 is 1.14 bits per heavy atom. The minimum atomic E-state index is -1.43. The van der Waals surface area contributed by atoms with Crippen LogP contribution in [0.25, 0.3) is 11.5 Å². The largest absolute Gasteiger partial charge is 0.497 e. The van der Waals surface area contributed by atoms with E-state index >= 15 is 0 Å². The first-order chi connectivity index (χ1) is 13.5. The SMILES string of the molecule is COCC(F)c1nc(-c2ccc(OC)n2C)nn1Cc1ccc(OC)cc1Cl. The highest BCUT2D eigenvalue weighted by Gasteiger charge is 2.23. The predicted octanol–water partition coefficient (Wildman–Crippen LogP) is 3.66. The number of ether oxygens (including phenoxy) is 3. The summed E-state index contributed by atoms with van der Waals surface area (Å²) in [6, 6.07) is 8.95. The number of aromatic nitrogens is 4. The van der Waals surface area contributed by atoms with Crippen LogP contribution in [0, 0.1) is 0 Å². The van der Waals surface area contributed by atoms with Crippen LogP contribution in [0.1, 0.15) is 17.6 Å². The third-order valence-electron chi connectivity index (χ3n) is 4.39. The molecule has 0 N–H and O–H groups in total. The number of alkyl halides is 1. The minimum Gasteiger partial charge on any atom is -0.497 e. The third kappa shape index (κ3) is 3.98. The van der Waals surface area contributed by atoms with E-state index in [0.717, 1.165) is 5.56 Å². The molecule has 28 heavy (non-hydrogen) atoms. The van der Waals surface area contributed by atoms with Crippen molar-refractivity contribution in [3.05, 3.63) is 46.7 Å². The van der Waals surface area contributed by atoms with Crippen LogP contribution in [0.15, 0.2) is 30.3 Å². The van der Waals surface area contributed by atoms with Crippen molar-refractivity contribution in [3.63, 3.8) is 0 Å². The fraction of sp³-hybridized carbons (Fsp3) is 0.368. The molecule has 1 aromatic carbocycles. The molecule has 3 rings (SSSR count). The highest BCUT2D eigenvalue weighted by Crippen LogP contribution is 2.28. The third-order valence-corrected chi connectivity index (χ3v) is 4.74. The number of rotatable bonds is 8. The maximum atomic E-state index is 14.7. The summed E-state index contributed by atoms with van der Waals surface area (Å²) in [5, 5.41) is 5.02. The number of hydrogen-bond donors (Lipinski definition) is 0. The Morgan fingerprint density at radius 3 is 2.54 bits per heavy atom. The lowest BCUT2D eigenvalue weighted by molar-refractivity contribution is 0.117. The fourth-order valence-electron chi connectivity index (χ4n) is 2.90. The van der Waals surface area contributed by atoms with Crippen molar-refractivity contribution in [2.24, 2.45) is 7.05 Å². The van der Waals surface area contributed by atoms with E-state index < -0.39 is 6.17 Å². The summed E-state index contributed by atoms with van der Waals surface area (Å²) in [5.41, 5.74) is 1.48. The van der Waals surface area contributed by atoms with Gasteiger partial charge in [0.15, 0.2) is 23.7 Å². The molecule has 3 aromatic rings. The zero-order valence-corrected chi connectivity index (χ0v) is 16.9. The smallest absolute Gasteiger partial charge is 0.198 e. The summed E-state index contributed by atoms with van der Waals surface area (Å²) >= 11 is 6.34. The Morgan fingerprint density at radius 2 is 1.93 bits per heavy atom. The molecule has 0 radical (unpaired) electrons. The Balaban J connectivity index is 2.01. The summed E-state index contributed by atoms with van der Waals surface area (Å²) in [5.74, 6) is 1.86. The molecule has 1 unspecified atom stereocenters. The standard InChI is InChI=1S/C19H22ClFN4O3/c1-24-16(7-8-17(24)28-4)18-22-19(15(21)11-26-2)25(23-18)10-12-5-6-13(27-3)9-14(12)20/h5-9,15H,10-11H2,1-4H3. The molecular weight excluding hydrogens is 387 g/mol. The number of hydrogen-bond acceptors (Lipinski definition) is 5. The van der Waals surface area contributed by atoms with Crippen LogP contribution in [0.2, 0.25) is 5.02 Å². The molecule has 0 fully saturated rings. The molecule has 7 nitrogen and oxygen atoms in total. The normalized spacial score (nSPS) is 12.2. The second-order valence-corrected chi connectivity index (χ2v) is 6.56. The van der Waals surface area contributed by atoms with Crippen LogP contribution in [0.3, 0.4) is 0 Å². The molecule has 0 aliphatic carbocycles. The van der Waals surface area contributed by atoms with E-state index in [1.807, 2.05) is 19.2 Å². The van der Waals surface area contributed by atoms with E-state index in [9.17, 15) is 4.39 Å². The molecule has 0 amide bonds. The number of benzene rings is 1. The number of methoxy groups -OCH3 is 3. The van der Waals surface area contributed by atoms with E-state index in [4.69, 9.17) is 25.8 Å². The molecule has 9 heteroatoms. The van der Waals surface area contributed by atoms with Gasteiger partial charge in [-0.25, -0.2) is 14.1 Å².